The van der Waals surface area contributed by atoms with Crippen molar-refractivity contribution in [2.24, 2.45) is 5.16 Å². The van der Waals surface area contributed by atoms with Crippen molar-refractivity contribution in [3.05, 3.63) is 74.6 Å². The van der Waals surface area contributed by atoms with Crippen LogP contribution in [0.1, 0.15) is 25.0 Å². The highest BCUT2D eigenvalue weighted by Crippen LogP contribution is 2.21. The predicted octanol–water partition coefficient (Wildman–Crippen LogP) is 1.96. The van der Waals surface area contributed by atoms with Crippen LogP contribution in [0.3, 0.4) is 0 Å². The van der Waals surface area contributed by atoms with Crippen LogP contribution < -0.4 is 11.4 Å². The van der Waals surface area contributed by atoms with Crippen molar-refractivity contribution in [3.8, 4) is 29.5 Å². The minimum absolute atomic E-state index is 0.0692. The first-order valence-corrected chi connectivity index (χ1v) is 8.93. The molecule has 3 rings (SSSR count). The number of nitrogens with zero attached hydrogens (tertiary/aromatic N) is 3. The number of oxime groups is 1. The molecule has 0 fully saturated rings. The van der Waals surface area contributed by atoms with Gasteiger partial charge in [0.25, 0.3) is 0 Å². The molecule has 0 aliphatic rings. The quantitative estimate of drug-likeness (QED) is 0.290. The van der Waals surface area contributed by atoms with Crippen LogP contribution in [0.25, 0.3) is 11.4 Å². The summed E-state index contributed by atoms with van der Waals surface area (Å²) in [7, 11) is 0. The molecule has 0 saturated carbocycles. The van der Waals surface area contributed by atoms with Gasteiger partial charge < -0.3 is 9.94 Å². The number of hydrogen-bond acceptors (Lipinski definition) is 5. The second-order valence-corrected chi connectivity index (χ2v) is 6.25. The second kappa shape index (κ2) is 8.35. The minimum atomic E-state index is -0.619. The number of benzene rings is 2. The Hall–Kier alpha value is -3.99. The van der Waals surface area contributed by atoms with Crippen molar-refractivity contribution in [1.29, 1.82) is 0 Å². The smallest absolute Gasteiger partial charge is 0.356 e. The third-order valence-electron chi connectivity index (χ3n) is 4.37. The Morgan fingerprint density at radius 2 is 1.97 bits per heavy atom. The number of nitrogens with one attached hydrogen (secondary N) is 1. The Labute approximate surface area is 166 Å². The summed E-state index contributed by atoms with van der Waals surface area (Å²) < 4.78 is 2.02. The van der Waals surface area contributed by atoms with E-state index in [0.717, 1.165) is 26.8 Å². The standard InChI is InChI=1S/C21H20N4O4/c1-4-12-29-23-14(3)16-7-9-17(10-8-16)24-20(27)22-25(21(24)28)18-13-15(5-2)6-11-19(18)26/h1,6-11,13,26H,5,12H2,2-3H3,(H,22,27)/b23-14+. The number of rotatable bonds is 6. The molecule has 3 aromatic rings. The van der Waals surface area contributed by atoms with Gasteiger partial charge in [-0.05, 0) is 48.7 Å². The van der Waals surface area contributed by atoms with Gasteiger partial charge in [-0.25, -0.2) is 19.3 Å². The Morgan fingerprint density at radius 3 is 2.62 bits per heavy atom. The van der Waals surface area contributed by atoms with Crippen molar-refractivity contribution in [3.63, 3.8) is 0 Å². The fraction of sp³-hybridized carbons (Fsp3) is 0.190. The van der Waals surface area contributed by atoms with Crippen LogP contribution in [0, 0.1) is 12.3 Å². The van der Waals surface area contributed by atoms with Crippen LogP contribution in [0.4, 0.5) is 0 Å². The fourth-order valence-corrected chi connectivity index (χ4v) is 2.81. The summed E-state index contributed by atoms with van der Waals surface area (Å²) in [5, 5.41) is 16.5. The number of terminal acetylenes is 1. The van der Waals surface area contributed by atoms with Gasteiger partial charge in [0.05, 0.1) is 11.4 Å². The summed E-state index contributed by atoms with van der Waals surface area (Å²) in [6.45, 7) is 3.78. The van der Waals surface area contributed by atoms with Crippen LogP contribution in [0.2, 0.25) is 0 Å². The Bertz CT molecular complexity index is 1210. The maximum absolute atomic E-state index is 12.9. The summed E-state index contributed by atoms with van der Waals surface area (Å²) in [4.78, 5) is 30.2. The third-order valence-corrected chi connectivity index (χ3v) is 4.37. The summed E-state index contributed by atoms with van der Waals surface area (Å²) in [6.07, 6.45) is 5.83. The molecule has 8 nitrogen and oxygen atoms in total. The summed E-state index contributed by atoms with van der Waals surface area (Å²) >= 11 is 0. The Balaban J connectivity index is 2.00. The number of aromatic amines is 1. The molecule has 0 saturated heterocycles. The molecular weight excluding hydrogens is 372 g/mol. The first-order valence-electron chi connectivity index (χ1n) is 8.93. The molecule has 2 N–H and O–H groups in total. The van der Waals surface area contributed by atoms with Gasteiger partial charge in [0, 0.05) is 0 Å². The summed E-state index contributed by atoms with van der Waals surface area (Å²) in [5.74, 6) is 2.21. The van der Waals surface area contributed by atoms with E-state index in [4.69, 9.17) is 11.3 Å². The van der Waals surface area contributed by atoms with Gasteiger partial charge >= 0.3 is 11.4 Å². The maximum atomic E-state index is 12.9. The lowest BCUT2D eigenvalue weighted by atomic mass is 10.1. The first-order chi connectivity index (χ1) is 14.0. The molecule has 0 amide bonds. The minimum Gasteiger partial charge on any atom is -0.506 e. The van der Waals surface area contributed by atoms with Gasteiger partial charge in [0.1, 0.15) is 11.4 Å². The molecule has 0 radical (unpaired) electrons. The van der Waals surface area contributed by atoms with E-state index in [1.54, 1.807) is 43.3 Å². The van der Waals surface area contributed by atoms with Gasteiger partial charge in [-0.3, -0.25) is 0 Å². The highest BCUT2D eigenvalue weighted by atomic mass is 16.6. The lowest BCUT2D eigenvalue weighted by Crippen LogP contribution is -2.26. The number of phenolic OH excluding ortho intramolecular Hbond substituents is 1. The number of H-pyrrole nitrogens is 1. The molecule has 0 unspecified atom stereocenters. The van der Waals surface area contributed by atoms with Crippen molar-refractivity contribution >= 4 is 5.71 Å². The second-order valence-electron chi connectivity index (χ2n) is 6.25. The number of aromatic hydroxyl groups is 1. The molecule has 0 atom stereocenters. The Kier molecular flexibility index (Phi) is 5.69. The lowest BCUT2D eigenvalue weighted by molar-refractivity contribution is 0.180. The molecule has 148 valence electrons. The van der Waals surface area contributed by atoms with E-state index in [2.05, 4.69) is 16.2 Å². The summed E-state index contributed by atoms with van der Waals surface area (Å²) in [6, 6.07) is 11.6. The number of hydrogen-bond donors (Lipinski definition) is 2. The number of phenols is 1. The van der Waals surface area contributed by atoms with Crippen molar-refractivity contribution in [2.45, 2.75) is 20.3 Å². The zero-order chi connectivity index (χ0) is 21.0. The summed E-state index contributed by atoms with van der Waals surface area (Å²) in [5.41, 5.74) is 1.64. The molecule has 0 aliphatic carbocycles. The maximum Gasteiger partial charge on any atom is 0.356 e. The average Bonchev–Trinajstić information content (AvgIpc) is 3.02. The fourth-order valence-electron chi connectivity index (χ4n) is 2.81. The van der Waals surface area contributed by atoms with Crippen LogP contribution in [0.5, 0.6) is 5.75 Å². The number of aromatic nitrogens is 3. The zero-order valence-corrected chi connectivity index (χ0v) is 16.0. The van der Waals surface area contributed by atoms with E-state index >= 15 is 0 Å². The van der Waals surface area contributed by atoms with E-state index in [1.165, 1.54) is 6.07 Å². The predicted molar refractivity (Wildman–Crippen MR) is 110 cm³/mol. The third kappa shape index (κ3) is 3.99. The van der Waals surface area contributed by atoms with Crippen molar-refractivity contribution in [2.75, 3.05) is 6.61 Å². The molecule has 1 aromatic heterocycles. The average molecular weight is 392 g/mol. The van der Waals surface area contributed by atoms with Crippen LogP contribution in [0.15, 0.2) is 57.2 Å². The zero-order valence-electron chi connectivity index (χ0n) is 16.0. The van der Waals surface area contributed by atoms with E-state index in [-0.39, 0.29) is 18.0 Å². The topological polar surface area (TPSA) is 102 Å². The monoisotopic (exact) mass is 392 g/mol. The lowest BCUT2D eigenvalue weighted by Gasteiger charge is -2.06. The van der Waals surface area contributed by atoms with E-state index < -0.39 is 11.4 Å². The van der Waals surface area contributed by atoms with E-state index in [0.29, 0.717) is 11.4 Å². The van der Waals surface area contributed by atoms with E-state index in [9.17, 15) is 14.7 Å². The van der Waals surface area contributed by atoms with Gasteiger partial charge in [-0.1, -0.05) is 36.2 Å². The highest BCUT2D eigenvalue weighted by molar-refractivity contribution is 5.98. The van der Waals surface area contributed by atoms with Gasteiger partial charge in [0.15, 0.2) is 6.61 Å². The normalized spacial score (nSPS) is 11.3. The van der Waals surface area contributed by atoms with Gasteiger partial charge in [-0.15, -0.1) is 6.42 Å². The highest BCUT2D eigenvalue weighted by Gasteiger charge is 2.15. The molecule has 0 spiro atoms. The van der Waals surface area contributed by atoms with E-state index in [1.807, 2.05) is 6.92 Å². The molecule has 0 aliphatic heterocycles. The largest absolute Gasteiger partial charge is 0.506 e. The Morgan fingerprint density at radius 1 is 1.24 bits per heavy atom. The molecular formula is C21H20N4O4. The number of aryl methyl sites for hydroxylation is 1. The molecule has 29 heavy (non-hydrogen) atoms. The van der Waals surface area contributed by atoms with Crippen molar-refractivity contribution in [1.82, 2.24) is 14.3 Å². The van der Waals surface area contributed by atoms with Crippen LogP contribution in [-0.4, -0.2) is 31.8 Å². The first kappa shape index (κ1) is 19.8. The molecule has 2 aromatic carbocycles. The van der Waals surface area contributed by atoms with Crippen LogP contribution >= 0.6 is 0 Å². The van der Waals surface area contributed by atoms with Crippen molar-refractivity contribution < 1.29 is 9.94 Å². The molecule has 1 heterocycles. The SMILES string of the molecule is C#CCO/N=C(\C)c1ccc(-n2c(=O)[nH]n(-c3cc(CC)ccc3O)c2=O)cc1. The molecule has 8 heteroatoms. The van der Waals surface area contributed by atoms with Gasteiger partial charge in [0.2, 0.25) is 0 Å². The van der Waals surface area contributed by atoms with Crippen LogP contribution in [-0.2, 0) is 11.3 Å². The molecule has 0 bridgehead atoms. The van der Waals surface area contributed by atoms with Gasteiger partial charge in [-0.2, -0.15) is 4.68 Å².